The van der Waals surface area contributed by atoms with E-state index >= 15 is 0 Å². The van der Waals surface area contributed by atoms with Gasteiger partial charge in [-0.3, -0.25) is 14.8 Å². The average molecular weight is 348 g/mol. The molecule has 1 aromatic carbocycles. The largest absolute Gasteiger partial charge is 0.495 e. The fourth-order valence-corrected chi connectivity index (χ4v) is 2.47. The molecule has 0 aliphatic carbocycles. The number of rotatable bonds is 6. The zero-order valence-electron chi connectivity index (χ0n) is 14.7. The van der Waals surface area contributed by atoms with E-state index in [1.807, 2.05) is 43.3 Å². The number of carbonyl (C=O) groups excluding carboxylic acids is 1. The molecule has 3 aromatic rings. The van der Waals surface area contributed by atoms with Crippen molar-refractivity contribution < 1.29 is 9.53 Å². The number of anilines is 2. The molecule has 6 nitrogen and oxygen atoms in total. The van der Waals surface area contributed by atoms with Crippen molar-refractivity contribution in [3.8, 4) is 5.75 Å². The Labute approximate surface area is 152 Å². The zero-order valence-corrected chi connectivity index (χ0v) is 14.7. The zero-order chi connectivity index (χ0) is 18.4. The first-order valence-corrected chi connectivity index (χ1v) is 8.21. The maximum Gasteiger partial charge on any atom is 0.270 e. The molecular weight excluding hydrogens is 328 g/mol. The van der Waals surface area contributed by atoms with E-state index < -0.39 is 0 Å². The summed E-state index contributed by atoms with van der Waals surface area (Å²) in [5.41, 5.74) is 3.82. The fraction of sp³-hybridized carbons (Fsp3) is 0.150. The number of hydrogen-bond acceptors (Lipinski definition) is 5. The van der Waals surface area contributed by atoms with Crippen molar-refractivity contribution in [3.05, 3.63) is 77.9 Å². The van der Waals surface area contributed by atoms with E-state index in [4.69, 9.17) is 4.74 Å². The van der Waals surface area contributed by atoms with Crippen molar-refractivity contribution in [3.63, 3.8) is 0 Å². The summed E-state index contributed by atoms with van der Waals surface area (Å²) in [6.45, 7) is 2.36. The van der Waals surface area contributed by atoms with Crippen LogP contribution in [0.2, 0.25) is 0 Å². The summed E-state index contributed by atoms with van der Waals surface area (Å²) in [7, 11) is 1.62. The SMILES string of the molecule is COc1ccc(C)cc1Nc1ccnc(C(=O)NCc2ccccn2)c1. The van der Waals surface area contributed by atoms with Crippen LogP contribution in [0.3, 0.4) is 0 Å². The Morgan fingerprint density at radius 3 is 2.73 bits per heavy atom. The number of hydrogen-bond donors (Lipinski definition) is 2. The molecule has 6 heteroatoms. The summed E-state index contributed by atoms with van der Waals surface area (Å²) in [4.78, 5) is 20.7. The minimum atomic E-state index is -0.254. The topological polar surface area (TPSA) is 76.1 Å². The van der Waals surface area contributed by atoms with Crippen molar-refractivity contribution in [2.24, 2.45) is 0 Å². The standard InChI is InChI=1S/C20H20N4O2/c1-14-6-7-19(26-2)17(11-14)24-15-8-10-22-18(12-15)20(25)23-13-16-5-3-4-9-21-16/h3-12H,13H2,1-2H3,(H,22,24)(H,23,25). The first-order chi connectivity index (χ1) is 12.7. The molecule has 0 radical (unpaired) electrons. The van der Waals surface area contributed by atoms with Gasteiger partial charge >= 0.3 is 0 Å². The van der Waals surface area contributed by atoms with Crippen LogP contribution in [0.25, 0.3) is 0 Å². The van der Waals surface area contributed by atoms with Crippen molar-refractivity contribution in [1.82, 2.24) is 15.3 Å². The van der Waals surface area contributed by atoms with E-state index in [2.05, 4.69) is 20.6 Å². The number of pyridine rings is 2. The summed E-state index contributed by atoms with van der Waals surface area (Å²) in [5, 5.41) is 6.10. The molecule has 2 aromatic heterocycles. The van der Waals surface area contributed by atoms with Crippen molar-refractivity contribution >= 4 is 17.3 Å². The molecule has 0 bridgehead atoms. The van der Waals surface area contributed by atoms with Gasteiger partial charge in [-0.15, -0.1) is 0 Å². The molecule has 2 N–H and O–H groups in total. The summed E-state index contributed by atoms with van der Waals surface area (Å²) >= 11 is 0. The van der Waals surface area contributed by atoms with Crippen LogP contribution in [0.15, 0.2) is 60.9 Å². The van der Waals surface area contributed by atoms with Crippen LogP contribution >= 0.6 is 0 Å². The smallest absolute Gasteiger partial charge is 0.270 e. The molecule has 0 aliphatic rings. The van der Waals surface area contributed by atoms with Gasteiger partial charge in [0.1, 0.15) is 11.4 Å². The fourth-order valence-electron chi connectivity index (χ4n) is 2.47. The van der Waals surface area contributed by atoms with Crippen molar-refractivity contribution in [1.29, 1.82) is 0 Å². The van der Waals surface area contributed by atoms with Crippen LogP contribution in [0.4, 0.5) is 11.4 Å². The molecule has 0 spiro atoms. The Kier molecular flexibility index (Phi) is 5.43. The number of aryl methyl sites for hydroxylation is 1. The normalized spacial score (nSPS) is 10.2. The highest BCUT2D eigenvalue weighted by atomic mass is 16.5. The maximum atomic E-state index is 12.3. The van der Waals surface area contributed by atoms with Crippen LogP contribution in [0.1, 0.15) is 21.7 Å². The Morgan fingerprint density at radius 1 is 1.08 bits per heavy atom. The van der Waals surface area contributed by atoms with Crippen LogP contribution in [0.5, 0.6) is 5.75 Å². The molecule has 3 rings (SSSR count). The second kappa shape index (κ2) is 8.11. The Balaban J connectivity index is 1.72. The van der Waals surface area contributed by atoms with Crippen LogP contribution < -0.4 is 15.4 Å². The van der Waals surface area contributed by atoms with Gasteiger partial charge in [0.2, 0.25) is 0 Å². The third-order valence-electron chi connectivity index (χ3n) is 3.78. The third-order valence-corrected chi connectivity index (χ3v) is 3.78. The monoisotopic (exact) mass is 348 g/mol. The van der Waals surface area contributed by atoms with Gasteiger partial charge in [-0.2, -0.15) is 0 Å². The molecule has 0 saturated heterocycles. The second-order valence-electron chi connectivity index (χ2n) is 5.76. The molecule has 26 heavy (non-hydrogen) atoms. The number of methoxy groups -OCH3 is 1. The minimum Gasteiger partial charge on any atom is -0.495 e. The van der Waals surface area contributed by atoms with E-state index in [1.165, 1.54) is 0 Å². The summed E-state index contributed by atoms with van der Waals surface area (Å²) in [6.07, 6.45) is 3.29. The van der Waals surface area contributed by atoms with Gasteiger partial charge in [0.25, 0.3) is 5.91 Å². The number of amides is 1. The van der Waals surface area contributed by atoms with Gasteiger partial charge in [0.15, 0.2) is 0 Å². The molecule has 0 aliphatic heterocycles. The summed E-state index contributed by atoms with van der Waals surface area (Å²) in [5.74, 6) is 0.476. The summed E-state index contributed by atoms with van der Waals surface area (Å²) < 4.78 is 5.37. The molecule has 0 atom stereocenters. The summed E-state index contributed by atoms with van der Waals surface area (Å²) in [6, 6.07) is 14.9. The predicted molar refractivity (Wildman–Crippen MR) is 101 cm³/mol. The quantitative estimate of drug-likeness (QED) is 0.713. The van der Waals surface area contributed by atoms with Gasteiger partial charge in [-0.05, 0) is 48.9 Å². The van der Waals surface area contributed by atoms with Crippen molar-refractivity contribution in [2.45, 2.75) is 13.5 Å². The molecule has 0 fully saturated rings. The number of nitrogens with one attached hydrogen (secondary N) is 2. The Morgan fingerprint density at radius 2 is 1.96 bits per heavy atom. The third kappa shape index (κ3) is 4.36. The molecule has 0 unspecified atom stereocenters. The molecule has 2 heterocycles. The second-order valence-corrected chi connectivity index (χ2v) is 5.76. The van der Waals surface area contributed by atoms with Crippen LogP contribution in [0, 0.1) is 6.92 Å². The minimum absolute atomic E-state index is 0.254. The van der Waals surface area contributed by atoms with E-state index in [1.54, 1.807) is 31.6 Å². The first kappa shape index (κ1) is 17.4. The Bertz CT molecular complexity index is 897. The van der Waals surface area contributed by atoms with E-state index in [0.717, 1.165) is 28.4 Å². The Hall–Kier alpha value is -3.41. The molecular formula is C20H20N4O2. The molecule has 1 amide bonds. The number of aromatic nitrogens is 2. The predicted octanol–water partition coefficient (Wildman–Crippen LogP) is 3.47. The lowest BCUT2D eigenvalue weighted by molar-refractivity contribution is 0.0945. The maximum absolute atomic E-state index is 12.3. The lowest BCUT2D eigenvalue weighted by Crippen LogP contribution is -2.24. The van der Waals surface area contributed by atoms with E-state index in [0.29, 0.717) is 12.2 Å². The highest BCUT2D eigenvalue weighted by Gasteiger charge is 2.09. The first-order valence-electron chi connectivity index (χ1n) is 8.21. The van der Waals surface area contributed by atoms with E-state index in [-0.39, 0.29) is 5.91 Å². The number of carbonyl (C=O) groups is 1. The lowest BCUT2D eigenvalue weighted by Gasteiger charge is -2.12. The van der Waals surface area contributed by atoms with E-state index in [9.17, 15) is 4.79 Å². The van der Waals surface area contributed by atoms with Gasteiger partial charge in [0.05, 0.1) is 25.0 Å². The van der Waals surface area contributed by atoms with Gasteiger partial charge < -0.3 is 15.4 Å². The van der Waals surface area contributed by atoms with Crippen LogP contribution in [-0.2, 0) is 6.54 Å². The van der Waals surface area contributed by atoms with Crippen molar-refractivity contribution in [2.75, 3.05) is 12.4 Å². The number of benzene rings is 1. The van der Waals surface area contributed by atoms with Gasteiger partial charge in [-0.25, -0.2) is 0 Å². The van der Waals surface area contributed by atoms with Crippen LogP contribution in [-0.4, -0.2) is 23.0 Å². The highest BCUT2D eigenvalue weighted by molar-refractivity contribution is 5.93. The molecule has 132 valence electrons. The highest BCUT2D eigenvalue weighted by Crippen LogP contribution is 2.28. The number of nitrogens with zero attached hydrogens (tertiary/aromatic N) is 2. The van der Waals surface area contributed by atoms with Gasteiger partial charge in [0, 0.05) is 18.1 Å². The lowest BCUT2D eigenvalue weighted by atomic mass is 10.2. The van der Waals surface area contributed by atoms with Gasteiger partial charge in [-0.1, -0.05) is 12.1 Å². The average Bonchev–Trinajstić information content (AvgIpc) is 2.67. The molecule has 0 saturated carbocycles. The number of ether oxygens (including phenoxy) is 1.